The van der Waals surface area contributed by atoms with Gasteiger partial charge in [-0.25, -0.2) is 4.79 Å². The third kappa shape index (κ3) is 1.91. The molecule has 122 valence electrons. The van der Waals surface area contributed by atoms with Crippen LogP contribution in [0.5, 0.6) is 11.5 Å². The van der Waals surface area contributed by atoms with Gasteiger partial charge in [-0.2, -0.15) is 0 Å². The highest BCUT2D eigenvalue weighted by Gasteiger charge is 2.47. The largest absolute Gasteiger partial charge is 0.454 e. The number of carbonyl (C=O) groups is 1. The smallest absolute Gasteiger partial charge is 0.411 e. The van der Waals surface area contributed by atoms with Crippen LogP contribution in [-0.4, -0.2) is 24.3 Å². The summed E-state index contributed by atoms with van der Waals surface area (Å²) in [6, 6.07) is 11.3. The average Bonchev–Trinajstić information content (AvgIpc) is 3.17. The van der Waals surface area contributed by atoms with Crippen LogP contribution in [0.15, 0.2) is 36.4 Å². The van der Waals surface area contributed by atoms with Gasteiger partial charge in [0, 0.05) is 17.1 Å². The van der Waals surface area contributed by atoms with Crippen molar-refractivity contribution in [1.82, 2.24) is 4.90 Å². The number of hydrogen-bond acceptors (Lipinski definition) is 4. The fraction of sp³-hybridized carbons (Fsp3) is 0.278. The Morgan fingerprint density at radius 1 is 1.08 bits per heavy atom. The van der Waals surface area contributed by atoms with E-state index in [9.17, 15) is 4.79 Å². The van der Waals surface area contributed by atoms with E-state index in [-0.39, 0.29) is 18.9 Å². The van der Waals surface area contributed by atoms with Gasteiger partial charge in [-0.05, 0) is 35.7 Å². The first kappa shape index (κ1) is 14.0. The van der Waals surface area contributed by atoms with Crippen LogP contribution >= 0.6 is 11.6 Å². The van der Waals surface area contributed by atoms with Gasteiger partial charge in [0.05, 0.1) is 0 Å². The maximum Gasteiger partial charge on any atom is 0.411 e. The molecule has 0 radical (unpaired) electrons. The van der Waals surface area contributed by atoms with Crippen LogP contribution in [-0.2, 0) is 11.2 Å². The average molecular weight is 344 g/mol. The highest BCUT2D eigenvalue weighted by molar-refractivity contribution is 6.31. The molecule has 2 atom stereocenters. The third-order valence-corrected chi connectivity index (χ3v) is 5.22. The van der Waals surface area contributed by atoms with E-state index >= 15 is 0 Å². The van der Waals surface area contributed by atoms with Crippen molar-refractivity contribution in [3.05, 3.63) is 58.1 Å². The molecule has 2 aromatic rings. The minimum atomic E-state index is -0.425. The molecule has 1 fully saturated rings. The van der Waals surface area contributed by atoms with E-state index in [0.29, 0.717) is 17.3 Å². The lowest BCUT2D eigenvalue weighted by Crippen LogP contribution is -2.34. The number of fused-ring (bicyclic) bond motifs is 4. The van der Waals surface area contributed by atoms with Crippen LogP contribution in [0.4, 0.5) is 4.79 Å². The zero-order valence-electron chi connectivity index (χ0n) is 12.7. The lowest BCUT2D eigenvalue weighted by atomic mass is 9.87. The Morgan fingerprint density at radius 2 is 1.88 bits per heavy atom. The number of benzene rings is 2. The molecular weight excluding hydrogens is 330 g/mol. The minimum Gasteiger partial charge on any atom is -0.454 e. The van der Waals surface area contributed by atoms with Gasteiger partial charge >= 0.3 is 6.09 Å². The number of hydrogen-bond donors (Lipinski definition) is 0. The summed E-state index contributed by atoms with van der Waals surface area (Å²) in [6.45, 7) is 0.854. The summed E-state index contributed by atoms with van der Waals surface area (Å²) in [7, 11) is 0. The number of ether oxygens (including phenoxy) is 3. The molecule has 3 aliphatic rings. The molecule has 3 aliphatic heterocycles. The fourth-order valence-corrected chi connectivity index (χ4v) is 3.99. The standard InChI is InChI=1S/C18H14ClNO4/c19-13-4-2-1-3-11(13)17-16-12-8-15-14(22-9-23-15)7-10(12)5-6-20(16)18(21)24-17/h1-4,7-8,16-17H,5-6,9H2/t16-,17-/m0/s1. The molecule has 5 nitrogen and oxygen atoms in total. The van der Waals surface area contributed by atoms with Crippen molar-refractivity contribution in [3.63, 3.8) is 0 Å². The summed E-state index contributed by atoms with van der Waals surface area (Å²) in [6.07, 6.45) is 0.0474. The molecule has 0 aromatic heterocycles. The number of halogens is 1. The normalized spacial score (nSPS) is 23.7. The van der Waals surface area contributed by atoms with Crippen molar-refractivity contribution in [2.75, 3.05) is 13.3 Å². The van der Waals surface area contributed by atoms with E-state index < -0.39 is 6.10 Å². The first-order chi connectivity index (χ1) is 11.7. The number of nitrogens with zero attached hydrogens (tertiary/aromatic N) is 1. The first-order valence-corrected chi connectivity index (χ1v) is 8.24. The van der Waals surface area contributed by atoms with E-state index in [1.165, 1.54) is 0 Å². The van der Waals surface area contributed by atoms with Gasteiger partial charge in [-0.3, -0.25) is 4.90 Å². The molecule has 0 unspecified atom stereocenters. The molecule has 3 heterocycles. The topological polar surface area (TPSA) is 48.0 Å². The Kier molecular flexibility index (Phi) is 2.94. The predicted octanol–water partition coefficient (Wildman–Crippen LogP) is 3.86. The number of carbonyl (C=O) groups excluding carboxylic acids is 1. The van der Waals surface area contributed by atoms with E-state index in [1.807, 2.05) is 36.4 Å². The Hall–Kier alpha value is -2.40. The van der Waals surface area contributed by atoms with Gasteiger partial charge in [0.1, 0.15) is 6.04 Å². The summed E-state index contributed by atoms with van der Waals surface area (Å²) in [5.41, 5.74) is 3.03. The molecule has 24 heavy (non-hydrogen) atoms. The summed E-state index contributed by atoms with van der Waals surface area (Å²) >= 11 is 6.35. The van der Waals surface area contributed by atoms with E-state index in [4.69, 9.17) is 25.8 Å². The van der Waals surface area contributed by atoms with Gasteiger partial charge in [0.25, 0.3) is 0 Å². The first-order valence-electron chi connectivity index (χ1n) is 7.86. The van der Waals surface area contributed by atoms with Crippen molar-refractivity contribution in [2.45, 2.75) is 18.6 Å². The van der Waals surface area contributed by atoms with E-state index in [0.717, 1.165) is 28.9 Å². The maximum atomic E-state index is 12.4. The second-order valence-electron chi connectivity index (χ2n) is 6.12. The minimum absolute atomic E-state index is 0.198. The fourth-order valence-electron chi connectivity index (χ4n) is 3.75. The van der Waals surface area contributed by atoms with Crippen LogP contribution in [0, 0.1) is 0 Å². The second-order valence-corrected chi connectivity index (χ2v) is 6.53. The number of rotatable bonds is 1. The van der Waals surface area contributed by atoms with Gasteiger partial charge in [-0.15, -0.1) is 0 Å². The summed E-state index contributed by atoms with van der Waals surface area (Å²) < 4.78 is 16.7. The molecule has 1 amide bonds. The summed E-state index contributed by atoms with van der Waals surface area (Å²) in [5, 5.41) is 0.602. The summed E-state index contributed by atoms with van der Waals surface area (Å²) in [4.78, 5) is 14.1. The van der Waals surface area contributed by atoms with Crippen molar-refractivity contribution >= 4 is 17.7 Å². The van der Waals surface area contributed by atoms with Crippen LogP contribution < -0.4 is 9.47 Å². The molecule has 0 N–H and O–H groups in total. The van der Waals surface area contributed by atoms with Gasteiger partial charge in [-0.1, -0.05) is 29.8 Å². The van der Waals surface area contributed by atoms with Gasteiger partial charge in [0.2, 0.25) is 6.79 Å². The van der Waals surface area contributed by atoms with Crippen LogP contribution in [0.3, 0.4) is 0 Å². The van der Waals surface area contributed by atoms with Crippen LogP contribution in [0.25, 0.3) is 0 Å². The molecule has 0 saturated carbocycles. The predicted molar refractivity (Wildman–Crippen MR) is 86.4 cm³/mol. The Bertz CT molecular complexity index is 853. The summed E-state index contributed by atoms with van der Waals surface area (Å²) in [5.74, 6) is 1.48. The SMILES string of the molecule is O=C1O[C@@H](c2ccccc2Cl)[C@@H]2c3cc4c(cc3CCN12)OCO4. The molecular formula is C18H14ClNO4. The maximum absolute atomic E-state index is 12.4. The molecule has 1 saturated heterocycles. The molecule has 5 rings (SSSR count). The van der Waals surface area contributed by atoms with Crippen molar-refractivity contribution in [1.29, 1.82) is 0 Å². The van der Waals surface area contributed by atoms with Crippen molar-refractivity contribution in [3.8, 4) is 11.5 Å². The zero-order valence-corrected chi connectivity index (χ0v) is 13.5. The van der Waals surface area contributed by atoms with Crippen LogP contribution in [0.1, 0.15) is 28.8 Å². The molecule has 0 spiro atoms. The monoisotopic (exact) mass is 343 g/mol. The number of amides is 1. The number of cyclic esters (lactones) is 1. The Balaban J connectivity index is 1.65. The Labute approximate surface area is 143 Å². The molecule has 2 aromatic carbocycles. The zero-order chi connectivity index (χ0) is 16.3. The van der Waals surface area contributed by atoms with Gasteiger partial charge in [0.15, 0.2) is 17.6 Å². The van der Waals surface area contributed by atoms with Gasteiger partial charge < -0.3 is 14.2 Å². The highest BCUT2D eigenvalue weighted by atomic mass is 35.5. The highest BCUT2D eigenvalue weighted by Crippen LogP contribution is 2.50. The lowest BCUT2D eigenvalue weighted by Gasteiger charge is -2.32. The van der Waals surface area contributed by atoms with E-state index in [1.54, 1.807) is 4.90 Å². The Morgan fingerprint density at radius 3 is 2.71 bits per heavy atom. The second kappa shape index (κ2) is 5.05. The van der Waals surface area contributed by atoms with Crippen LogP contribution in [0.2, 0.25) is 5.02 Å². The van der Waals surface area contributed by atoms with Crippen molar-refractivity contribution < 1.29 is 19.0 Å². The van der Waals surface area contributed by atoms with Crippen molar-refractivity contribution in [2.24, 2.45) is 0 Å². The molecule has 0 aliphatic carbocycles. The molecule has 6 heteroatoms. The third-order valence-electron chi connectivity index (χ3n) is 4.87. The quantitative estimate of drug-likeness (QED) is 0.789. The van der Waals surface area contributed by atoms with E-state index in [2.05, 4.69) is 0 Å². The lowest BCUT2D eigenvalue weighted by molar-refractivity contribution is 0.130. The molecule has 0 bridgehead atoms.